The quantitative estimate of drug-likeness (QED) is 0.0453. The van der Waals surface area contributed by atoms with Crippen LogP contribution in [0.3, 0.4) is 0 Å². The highest BCUT2D eigenvalue weighted by molar-refractivity contribution is 8.00. The summed E-state index contributed by atoms with van der Waals surface area (Å²) in [6.45, 7) is 2.32. The molecule has 15 amide bonds. The number of phenols is 2. The number of benzene rings is 6. The zero-order valence-electron chi connectivity index (χ0n) is 72.5. The summed E-state index contributed by atoms with van der Waals surface area (Å²) in [5, 5.41) is 55.9. The largest absolute Gasteiger partial charge is 0.508 e. The predicted molar refractivity (Wildman–Crippen MR) is 474 cm³/mol. The average molecular weight is 1780 g/mol. The topological polar surface area (TPSA) is 509 Å². The first-order chi connectivity index (χ1) is 61.1. The number of aromatic hydroxyl groups is 2. The number of likely N-dealkylation sites (N-methyl/N-ethyl adjacent to an activating group) is 4. The Morgan fingerprint density at radius 1 is 0.523 bits per heavy atom. The number of phenolic OH excluding ortho intramolecular Hbond substituents is 2. The number of thioether (sulfide) groups is 1. The van der Waals surface area contributed by atoms with Crippen LogP contribution in [0, 0.1) is 5.92 Å². The Kier molecular flexibility index (Phi) is 36.0. The van der Waals surface area contributed by atoms with E-state index in [9.17, 15) is 53.7 Å². The average Bonchev–Trinajstić information content (AvgIpc) is 0.856. The molecule has 3 heterocycles. The molecule has 0 aliphatic carbocycles. The molecule has 0 spiro atoms. The number of carbonyl (C=O) groups is 16. The number of rotatable bonds is 22. The molecule has 15 N–H and O–H groups in total. The van der Waals surface area contributed by atoms with Gasteiger partial charge in [0, 0.05) is 103 Å². The van der Waals surface area contributed by atoms with Crippen LogP contribution in [0.4, 0.5) is 5.69 Å². The lowest BCUT2D eigenvalue weighted by Gasteiger charge is -2.37. The fourth-order valence-electron chi connectivity index (χ4n) is 15.2. The van der Waals surface area contributed by atoms with Gasteiger partial charge in [0.2, 0.25) is 88.6 Å². The van der Waals surface area contributed by atoms with Crippen molar-refractivity contribution < 1.29 is 96.8 Å². The lowest BCUT2D eigenvalue weighted by Crippen LogP contribution is -2.62. The van der Waals surface area contributed by atoms with E-state index < -0.39 is 205 Å². The maximum Gasteiger partial charge on any atom is 0.305 e. The van der Waals surface area contributed by atoms with Crippen molar-refractivity contribution in [2.45, 2.75) is 158 Å². The van der Waals surface area contributed by atoms with E-state index in [0.29, 0.717) is 57.1 Å². The molecule has 128 heavy (non-hydrogen) atoms. The lowest BCUT2D eigenvalue weighted by atomic mass is 9.95. The number of methoxy groups -OCH3 is 1. The van der Waals surface area contributed by atoms with Gasteiger partial charge in [0.05, 0.1) is 37.6 Å². The van der Waals surface area contributed by atoms with Crippen molar-refractivity contribution in [1.82, 2.24) is 72.4 Å². The molecule has 2 bridgehead atoms. The first-order valence-electron chi connectivity index (χ1n) is 42.0. The monoisotopic (exact) mass is 1780 g/mol. The Morgan fingerprint density at radius 2 is 1.04 bits per heavy atom. The number of aliphatic carboxylic acids is 1. The van der Waals surface area contributed by atoms with Crippen LogP contribution in [0.25, 0.3) is 10.9 Å². The molecule has 2 aliphatic rings. The minimum Gasteiger partial charge on any atom is -0.508 e. The number of hydrogen-bond donors (Lipinski definition) is 14. The summed E-state index contributed by atoms with van der Waals surface area (Å²) in [4.78, 5) is 243. The number of aromatic nitrogens is 1. The molecule has 9 rings (SSSR count). The van der Waals surface area contributed by atoms with Crippen molar-refractivity contribution in [3.05, 3.63) is 197 Å². The second kappa shape index (κ2) is 47.0. The number of carbonyl (C=O) groups excluding carboxylic acids is 15. The summed E-state index contributed by atoms with van der Waals surface area (Å²) >= 11 is 0.824. The second-order valence-corrected chi connectivity index (χ2v) is 33.3. The number of anilines is 1. The first-order valence-corrected chi connectivity index (χ1v) is 43.1. The second-order valence-electron chi connectivity index (χ2n) is 32.2. The number of ether oxygens (including phenoxy) is 1. The van der Waals surface area contributed by atoms with Gasteiger partial charge in [-0.2, -0.15) is 0 Å². The summed E-state index contributed by atoms with van der Waals surface area (Å²) in [5.41, 5.74) is 9.00. The Morgan fingerprint density at radius 3 is 1.66 bits per heavy atom. The number of amides is 15. The number of fused-ring (bicyclic) bond motifs is 5. The van der Waals surface area contributed by atoms with E-state index in [2.05, 4.69) is 52.8 Å². The predicted octanol–water partition coefficient (Wildman–Crippen LogP) is 1.21. The number of carboxylic acids is 1. The van der Waals surface area contributed by atoms with Gasteiger partial charge in [0.15, 0.2) is 0 Å². The molecule has 11 atom stereocenters. The Bertz CT molecular complexity index is 5120. The highest BCUT2D eigenvalue weighted by Gasteiger charge is 2.43. The molecule has 37 heteroatoms. The number of H-pyrrole nitrogens is 1. The molecule has 0 radical (unpaired) electrons. The van der Waals surface area contributed by atoms with Crippen LogP contribution in [-0.4, -0.2) is 274 Å². The molecule has 1 aromatic heterocycles. The third-order valence-corrected chi connectivity index (χ3v) is 23.0. The van der Waals surface area contributed by atoms with Crippen LogP contribution in [0.1, 0.15) is 86.3 Å². The van der Waals surface area contributed by atoms with E-state index in [4.69, 9.17) is 10.5 Å². The summed E-state index contributed by atoms with van der Waals surface area (Å²) < 4.78 is 5.42. The van der Waals surface area contributed by atoms with Crippen molar-refractivity contribution in [3.8, 4) is 11.5 Å². The molecule has 2 aliphatic heterocycles. The van der Waals surface area contributed by atoms with Crippen LogP contribution in [-0.2, 0) is 120 Å². The van der Waals surface area contributed by atoms with Crippen molar-refractivity contribution in [1.29, 1.82) is 0 Å². The molecule has 0 saturated carbocycles. The highest BCUT2D eigenvalue weighted by atomic mass is 32.2. The Labute approximate surface area is 744 Å². The molecule has 1 unspecified atom stereocenters. The Balaban J connectivity index is 1.11. The molecule has 1 saturated heterocycles. The van der Waals surface area contributed by atoms with Gasteiger partial charge < -0.3 is 103 Å². The van der Waals surface area contributed by atoms with Crippen molar-refractivity contribution in [3.63, 3.8) is 0 Å². The third kappa shape index (κ3) is 27.9. The lowest BCUT2D eigenvalue weighted by molar-refractivity contribution is -0.151. The molecule has 36 nitrogen and oxygen atoms in total. The van der Waals surface area contributed by atoms with E-state index in [1.54, 1.807) is 135 Å². The van der Waals surface area contributed by atoms with Crippen molar-refractivity contribution >= 4 is 123 Å². The smallest absolute Gasteiger partial charge is 0.305 e. The van der Waals surface area contributed by atoms with Crippen molar-refractivity contribution in [2.75, 3.05) is 77.9 Å². The number of nitrogens with two attached hydrogens (primary N) is 1. The number of carboxylic acid groups (broad SMARTS) is 1. The fourth-order valence-corrected chi connectivity index (χ4v) is 16.1. The molecule has 7 aromatic rings. The summed E-state index contributed by atoms with van der Waals surface area (Å²) in [6.07, 6.45) is -0.00597. The van der Waals surface area contributed by atoms with Gasteiger partial charge in [-0.15, -0.1) is 11.8 Å². The van der Waals surface area contributed by atoms with Gasteiger partial charge in [-0.25, -0.2) is 0 Å². The minimum absolute atomic E-state index is 0.0224. The van der Waals surface area contributed by atoms with E-state index in [0.717, 1.165) is 36.3 Å². The number of para-hydroxylation sites is 1. The Hall–Kier alpha value is -13.7. The van der Waals surface area contributed by atoms with Crippen LogP contribution in [0.2, 0.25) is 0 Å². The van der Waals surface area contributed by atoms with E-state index in [1.165, 1.54) is 77.8 Å². The van der Waals surface area contributed by atoms with E-state index in [1.807, 2.05) is 6.92 Å². The van der Waals surface area contributed by atoms with Crippen LogP contribution in [0.5, 0.6) is 11.5 Å². The van der Waals surface area contributed by atoms with Gasteiger partial charge >= 0.3 is 5.97 Å². The first kappa shape index (κ1) is 98.1. The summed E-state index contributed by atoms with van der Waals surface area (Å²) in [6, 6.07) is 25.1. The zero-order valence-corrected chi connectivity index (χ0v) is 73.4. The number of unbranched alkanes of at least 4 members (excludes halogenated alkanes) is 1. The number of nitrogens with zero attached hydrogens (tertiary/aromatic N) is 5. The number of nitrogens with one attached hydrogen (secondary N) is 10. The van der Waals surface area contributed by atoms with Gasteiger partial charge in [-0.1, -0.05) is 161 Å². The fraction of sp³-hybridized carbons (Fsp3) is 0.407. The molecule has 1 fully saturated rings. The molecule has 682 valence electrons. The van der Waals surface area contributed by atoms with E-state index in [-0.39, 0.29) is 74.5 Å². The normalized spacial score (nSPS) is 22.2. The summed E-state index contributed by atoms with van der Waals surface area (Å²) in [5.74, 6) is -17.2. The SMILES string of the molecule is CCCC[C@H]1C(=O)N(C)CC(=O)N[C@@H](CC(=O)O)C(=O)N[C@@H](COC)C(=O)N(C)[C@@H](Cc2ccccc2)C(=O)N[C@H]2Cc3ccc(O)cc3N(CC(=O)N[C@@H](Cc3c[nH]c4ccccc34)C(=O)NC(Cc3ccc(O)cc3)C(=O)N[C@@H](CC(C)C)C(=O)N[C@H](C(=O)NCC(N)=O)CSCC(=O)N[C@@H](Cc3ccccc3)C(=O)N(C)[C@@H](Cc3ccccc3)C(=O)N1C)C2=O. The number of aromatic amines is 1. The third-order valence-electron chi connectivity index (χ3n) is 22.0. The molecule has 6 aromatic carbocycles. The maximum absolute atomic E-state index is 15.5. The van der Waals surface area contributed by atoms with Gasteiger partial charge in [-0.05, 0) is 76.4 Å². The van der Waals surface area contributed by atoms with Crippen molar-refractivity contribution in [2.24, 2.45) is 11.7 Å². The van der Waals surface area contributed by atoms with Gasteiger partial charge in [0.25, 0.3) is 0 Å². The maximum atomic E-state index is 15.5. The number of primary amides is 1. The highest BCUT2D eigenvalue weighted by Crippen LogP contribution is 2.32. The van der Waals surface area contributed by atoms with Crippen LogP contribution < -0.4 is 58.5 Å². The van der Waals surface area contributed by atoms with Gasteiger partial charge in [-0.3, -0.25) is 76.7 Å². The minimum atomic E-state index is -1.94. The summed E-state index contributed by atoms with van der Waals surface area (Å²) in [7, 11) is 6.40. The van der Waals surface area contributed by atoms with E-state index >= 15 is 38.4 Å². The molecular weight excluding hydrogens is 1670 g/mol. The standard InChI is InChI=1S/C91H112N16O20S/c1-9-10-30-72-90(125)103(4)48-77(111)96-67(45-80(114)115)85(120)101-70(50-127-8)88(123)105(6)74(40-55-24-16-12-17-25-55)86(121)100-69-42-58-33-36-61(109)44-73(58)107(89(69)124)49-78(112)95-66(43-59-46-93-63-29-21-20-28-62(59)63)84(119)99-65(38-57-31-34-60(108)35-32-57)83(118)98-64(37-53(2)3)82(117)102-71(81(116)94-47-76(92)110)51-128-52-79(113)97-68(39-54-22-14-11-15-23-54)87(122)106(7)75(91(126)104(72)5)41-56-26-18-13-19-27-56/h11-29,31-36,44,46,53,64-72,74-75,93,108-109H,9-10,30,37-43,45,47-52H2,1-8H3,(H2,92,110)(H,94,116)(H,95,112)(H,96,111)(H,97,113)(H,98,118)(H,99,119)(H,100,121)(H,101,120)(H,102,117)(H,114,115)/t64-,65?,66-,67-,68-,69-,70-,71-,72-,74-,75-/m0/s1. The molecular formula is C91H112N16O20S. The van der Waals surface area contributed by atoms with Crippen LogP contribution >= 0.6 is 11.8 Å². The van der Waals surface area contributed by atoms with Crippen LogP contribution in [0.15, 0.2) is 164 Å². The number of hydrogen-bond acceptors (Lipinski definition) is 20. The zero-order chi connectivity index (χ0) is 93.0. The van der Waals surface area contributed by atoms with Gasteiger partial charge in [0.1, 0.15) is 84.5 Å².